The maximum Gasteiger partial charge on any atom is 0.258 e. The van der Waals surface area contributed by atoms with Gasteiger partial charge in [-0.3, -0.25) is 9.78 Å². The smallest absolute Gasteiger partial charge is 0.258 e. The second kappa shape index (κ2) is 12.8. The van der Waals surface area contributed by atoms with Gasteiger partial charge in [-0.2, -0.15) is 0 Å². The summed E-state index contributed by atoms with van der Waals surface area (Å²) in [7, 11) is -2.18. The number of hydrogen-bond acceptors (Lipinski definition) is 4. The number of pyridine rings is 1. The molecule has 0 saturated heterocycles. The molecule has 0 aliphatic heterocycles. The van der Waals surface area contributed by atoms with Crippen molar-refractivity contribution in [3.63, 3.8) is 0 Å². The number of halogens is 2. The predicted octanol–water partition coefficient (Wildman–Crippen LogP) is 6.93. The van der Waals surface area contributed by atoms with E-state index in [1.807, 2.05) is 48.5 Å². The van der Waals surface area contributed by atoms with Crippen LogP contribution in [0.25, 0.3) is 10.9 Å². The van der Waals surface area contributed by atoms with Crippen molar-refractivity contribution >= 4 is 65.1 Å². The minimum absolute atomic E-state index is 0.195. The van der Waals surface area contributed by atoms with Crippen LogP contribution in [0.4, 0.5) is 5.69 Å². The summed E-state index contributed by atoms with van der Waals surface area (Å²) in [6.45, 7) is 6.20. The van der Waals surface area contributed by atoms with Crippen LogP contribution in [0.5, 0.6) is 0 Å². The third-order valence-electron chi connectivity index (χ3n) is 7.16. The Balaban J connectivity index is 1.64. The Hall–Kier alpha value is -3.52. The maximum absolute atomic E-state index is 13.3. The van der Waals surface area contributed by atoms with E-state index in [9.17, 15) is 9.90 Å². The number of nitrogens with zero attached hydrogens (tertiary/aromatic N) is 1. The molecule has 0 saturated carbocycles. The standard InChI is InChI=1S/C34H32Cl2N2O3Si/c1-34(2,3)32(41-42(23-12-6-4-7-13-23)24-14-8-5-9-15-24)29-22(21-39)20-37-31-25(29)16-10-19-28(31)38-33(40)30-26(35)17-11-18-27(30)36/h4-20,32,39,42H,21H2,1-3H3,(H,38,40). The van der Waals surface area contributed by atoms with Crippen molar-refractivity contribution in [3.05, 3.63) is 130 Å². The van der Waals surface area contributed by atoms with Gasteiger partial charge in [-0.05, 0) is 39.6 Å². The van der Waals surface area contributed by atoms with Gasteiger partial charge in [0, 0.05) is 17.1 Å². The van der Waals surface area contributed by atoms with Gasteiger partial charge in [0.2, 0.25) is 9.04 Å². The van der Waals surface area contributed by atoms with Crippen molar-refractivity contribution in [2.45, 2.75) is 33.5 Å². The molecule has 0 aliphatic rings. The fourth-order valence-electron chi connectivity index (χ4n) is 5.17. The molecule has 1 amide bonds. The van der Waals surface area contributed by atoms with Gasteiger partial charge < -0.3 is 14.8 Å². The highest BCUT2D eigenvalue weighted by atomic mass is 35.5. The van der Waals surface area contributed by atoms with E-state index in [-0.39, 0.29) is 27.6 Å². The highest BCUT2D eigenvalue weighted by molar-refractivity contribution is 6.80. The molecular formula is C34H32Cl2N2O3Si. The Morgan fingerprint density at radius 2 is 1.45 bits per heavy atom. The van der Waals surface area contributed by atoms with E-state index in [0.29, 0.717) is 16.8 Å². The summed E-state index contributed by atoms with van der Waals surface area (Å²) in [6.07, 6.45) is 1.27. The summed E-state index contributed by atoms with van der Waals surface area (Å²) in [5.41, 5.74) is 2.46. The van der Waals surface area contributed by atoms with Crippen molar-refractivity contribution < 1.29 is 14.3 Å². The van der Waals surface area contributed by atoms with Gasteiger partial charge in [-0.25, -0.2) is 0 Å². The summed E-state index contributed by atoms with van der Waals surface area (Å²) < 4.78 is 7.22. The zero-order chi connectivity index (χ0) is 29.9. The van der Waals surface area contributed by atoms with E-state index in [4.69, 9.17) is 27.6 Å². The third kappa shape index (κ3) is 6.28. The number of hydrogen-bond donors (Lipinski definition) is 2. The largest absolute Gasteiger partial charge is 0.403 e. The predicted molar refractivity (Wildman–Crippen MR) is 175 cm³/mol. The number of nitrogens with one attached hydrogen (secondary N) is 1. The molecule has 5 rings (SSSR count). The van der Waals surface area contributed by atoms with Crippen LogP contribution in [0.1, 0.15) is 48.4 Å². The number of benzene rings is 4. The van der Waals surface area contributed by atoms with Gasteiger partial charge in [0.1, 0.15) is 0 Å². The van der Waals surface area contributed by atoms with E-state index < -0.39 is 21.1 Å². The van der Waals surface area contributed by atoms with Crippen LogP contribution in [0.2, 0.25) is 10.0 Å². The minimum atomic E-state index is -2.18. The topological polar surface area (TPSA) is 71.5 Å². The second-order valence-corrected chi connectivity index (χ2v) is 14.4. The van der Waals surface area contributed by atoms with Crippen LogP contribution in [0.15, 0.2) is 103 Å². The summed E-state index contributed by atoms with van der Waals surface area (Å²) in [4.78, 5) is 18.0. The molecule has 5 aromatic rings. The first-order valence-electron chi connectivity index (χ1n) is 13.7. The van der Waals surface area contributed by atoms with E-state index in [2.05, 4.69) is 55.3 Å². The molecule has 4 aromatic carbocycles. The van der Waals surface area contributed by atoms with E-state index in [1.165, 1.54) is 0 Å². The maximum atomic E-state index is 13.3. The molecule has 1 atom stereocenters. The fourth-order valence-corrected chi connectivity index (χ4v) is 8.40. The van der Waals surface area contributed by atoms with Crippen LogP contribution in [0.3, 0.4) is 0 Å². The van der Waals surface area contributed by atoms with Crippen LogP contribution in [-0.4, -0.2) is 25.0 Å². The van der Waals surface area contributed by atoms with Crippen LogP contribution >= 0.6 is 23.2 Å². The summed E-state index contributed by atoms with van der Waals surface area (Å²) in [5.74, 6) is -0.433. The Morgan fingerprint density at radius 1 is 0.881 bits per heavy atom. The second-order valence-electron chi connectivity index (χ2n) is 11.2. The van der Waals surface area contributed by atoms with Crippen LogP contribution < -0.4 is 15.7 Å². The lowest BCUT2D eigenvalue weighted by Gasteiger charge is -2.36. The molecule has 0 bridgehead atoms. The zero-order valence-electron chi connectivity index (χ0n) is 23.6. The number of fused-ring (bicyclic) bond motifs is 1. The van der Waals surface area contributed by atoms with Gasteiger partial charge >= 0.3 is 0 Å². The first kappa shape index (κ1) is 30.0. The lowest BCUT2D eigenvalue weighted by atomic mass is 9.82. The molecule has 8 heteroatoms. The number of carbonyl (C=O) groups excluding carboxylic acids is 1. The lowest BCUT2D eigenvalue weighted by molar-refractivity contribution is 0.0887. The molecular weight excluding hydrogens is 583 g/mol. The first-order valence-corrected chi connectivity index (χ1v) is 16.1. The molecule has 0 spiro atoms. The Labute approximate surface area is 257 Å². The van der Waals surface area contributed by atoms with E-state index in [1.54, 1.807) is 30.5 Å². The van der Waals surface area contributed by atoms with E-state index >= 15 is 0 Å². The summed E-state index contributed by atoms with van der Waals surface area (Å²) in [6, 6.07) is 31.2. The number of anilines is 1. The van der Waals surface area contributed by atoms with Gasteiger partial charge in [-0.1, -0.05) is 123 Å². The van der Waals surface area contributed by atoms with Gasteiger partial charge in [0.15, 0.2) is 0 Å². The molecule has 0 aliphatic carbocycles. The number of rotatable bonds is 8. The monoisotopic (exact) mass is 614 g/mol. The molecule has 5 nitrogen and oxygen atoms in total. The molecule has 2 N–H and O–H groups in total. The van der Waals surface area contributed by atoms with Crippen molar-refractivity contribution in [1.82, 2.24) is 4.98 Å². The summed E-state index contributed by atoms with van der Waals surface area (Å²) in [5, 5.41) is 17.1. The molecule has 42 heavy (non-hydrogen) atoms. The van der Waals surface area contributed by atoms with Crippen molar-refractivity contribution in [2.75, 3.05) is 5.32 Å². The zero-order valence-corrected chi connectivity index (χ0v) is 26.3. The molecule has 1 unspecified atom stereocenters. The number of aliphatic hydroxyl groups excluding tert-OH is 1. The summed E-state index contributed by atoms with van der Waals surface area (Å²) >= 11 is 12.6. The van der Waals surface area contributed by atoms with Crippen molar-refractivity contribution in [3.8, 4) is 0 Å². The number of amides is 1. The molecule has 0 fully saturated rings. The molecule has 1 aromatic heterocycles. The van der Waals surface area contributed by atoms with Gasteiger partial charge in [0.05, 0.1) is 39.5 Å². The number of para-hydroxylation sites is 1. The normalized spacial score (nSPS) is 12.5. The quantitative estimate of drug-likeness (QED) is 0.186. The van der Waals surface area contributed by atoms with Gasteiger partial charge in [-0.15, -0.1) is 0 Å². The minimum Gasteiger partial charge on any atom is -0.403 e. The Bertz CT molecular complexity index is 1650. The fraction of sp³-hybridized carbons (Fsp3) is 0.176. The average molecular weight is 616 g/mol. The van der Waals surface area contributed by atoms with Crippen LogP contribution in [0, 0.1) is 5.41 Å². The third-order valence-corrected chi connectivity index (χ3v) is 10.3. The highest BCUT2D eigenvalue weighted by Gasteiger charge is 2.35. The van der Waals surface area contributed by atoms with Crippen molar-refractivity contribution in [2.24, 2.45) is 5.41 Å². The average Bonchev–Trinajstić information content (AvgIpc) is 2.98. The molecule has 1 heterocycles. The lowest BCUT2D eigenvalue weighted by Crippen LogP contribution is -2.47. The van der Waals surface area contributed by atoms with Crippen molar-refractivity contribution in [1.29, 1.82) is 0 Å². The SMILES string of the molecule is CC(C)(C)C(O[SiH](c1ccccc1)c1ccccc1)c1c(CO)cnc2c(NC(=O)c3c(Cl)cccc3Cl)cccc12. The first-order chi connectivity index (χ1) is 20.2. The van der Waals surface area contributed by atoms with Gasteiger partial charge in [0.25, 0.3) is 5.91 Å². The van der Waals surface area contributed by atoms with Crippen LogP contribution in [-0.2, 0) is 11.0 Å². The number of aromatic nitrogens is 1. The Morgan fingerprint density at radius 3 is 2.00 bits per heavy atom. The number of carbonyl (C=O) groups is 1. The molecule has 214 valence electrons. The highest BCUT2D eigenvalue weighted by Crippen LogP contribution is 2.42. The molecule has 0 radical (unpaired) electrons. The van der Waals surface area contributed by atoms with E-state index in [0.717, 1.165) is 21.3 Å². The Kier molecular flexibility index (Phi) is 9.11. The number of aliphatic hydroxyl groups is 1.